The number of carbonyl (C=O) groups excluding carboxylic acids is 1. The molecule has 1 atom stereocenters. The number of quaternary nitrogens is 1. The predicted octanol–water partition coefficient (Wildman–Crippen LogP) is 8.44. The second kappa shape index (κ2) is 11.5. The van der Waals surface area contributed by atoms with E-state index in [1.807, 2.05) is 36.2 Å². The number of fused-ring (bicyclic) bond motifs is 3. The summed E-state index contributed by atoms with van der Waals surface area (Å²) < 4.78 is 1.26. The van der Waals surface area contributed by atoms with Crippen molar-refractivity contribution in [3.05, 3.63) is 68.7 Å². The summed E-state index contributed by atoms with van der Waals surface area (Å²) in [6, 6.07) is 12.1. The minimum atomic E-state index is 0.0853. The van der Waals surface area contributed by atoms with Crippen molar-refractivity contribution in [2.24, 2.45) is 11.3 Å². The number of benzene rings is 2. The van der Waals surface area contributed by atoms with Gasteiger partial charge in [0.15, 0.2) is 0 Å². The first-order chi connectivity index (χ1) is 18.2. The van der Waals surface area contributed by atoms with E-state index in [-0.39, 0.29) is 11.8 Å². The normalized spacial score (nSPS) is 26.3. The number of amides is 1. The third kappa shape index (κ3) is 5.96. The number of halogens is 2. The van der Waals surface area contributed by atoms with E-state index in [4.69, 9.17) is 23.2 Å². The fourth-order valence-electron chi connectivity index (χ4n) is 8.04. The number of nitrogens with zero attached hydrogens (tertiary/aromatic N) is 2. The van der Waals surface area contributed by atoms with E-state index >= 15 is 0 Å². The van der Waals surface area contributed by atoms with Crippen molar-refractivity contribution in [1.29, 1.82) is 0 Å². The van der Waals surface area contributed by atoms with E-state index in [0.29, 0.717) is 22.0 Å². The highest BCUT2D eigenvalue weighted by atomic mass is 35.5. The lowest BCUT2D eigenvalue weighted by atomic mass is 9.59. The topological polar surface area (TPSA) is 20.3 Å². The highest BCUT2D eigenvalue weighted by Crippen LogP contribution is 2.53. The van der Waals surface area contributed by atoms with Gasteiger partial charge in [0.1, 0.15) is 0 Å². The van der Waals surface area contributed by atoms with Crippen LogP contribution in [0.5, 0.6) is 0 Å². The van der Waals surface area contributed by atoms with Crippen LogP contribution in [0.4, 0.5) is 0 Å². The van der Waals surface area contributed by atoms with Gasteiger partial charge in [0.2, 0.25) is 0 Å². The van der Waals surface area contributed by atoms with Crippen molar-refractivity contribution < 1.29 is 9.28 Å². The Morgan fingerprint density at radius 1 is 0.947 bits per heavy atom. The van der Waals surface area contributed by atoms with Crippen LogP contribution in [0.3, 0.4) is 0 Å². The second-order valence-corrected chi connectivity index (χ2v) is 13.7. The van der Waals surface area contributed by atoms with Crippen LogP contribution in [0.2, 0.25) is 10.0 Å². The highest BCUT2D eigenvalue weighted by molar-refractivity contribution is 6.42. The highest BCUT2D eigenvalue weighted by Gasteiger charge is 2.52. The fourth-order valence-corrected chi connectivity index (χ4v) is 8.35. The number of piperidine rings is 3. The van der Waals surface area contributed by atoms with E-state index < -0.39 is 0 Å². The van der Waals surface area contributed by atoms with Crippen molar-refractivity contribution in [3.63, 3.8) is 0 Å². The van der Waals surface area contributed by atoms with Gasteiger partial charge in [-0.15, -0.1) is 0 Å². The quantitative estimate of drug-likeness (QED) is 0.299. The van der Waals surface area contributed by atoms with Gasteiger partial charge in [0.05, 0.1) is 36.2 Å². The molecule has 4 fully saturated rings. The molecule has 6 rings (SSSR count). The molecule has 3 nitrogen and oxygen atoms in total. The molecule has 38 heavy (non-hydrogen) atoms. The Morgan fingerprint density at radius 2 is 1.58 bits per heavy atom. The van der Waals surface area contributed by atoms with E-state index in [1.54, 1.807) is 0 Å². The Hall–Kier alpha value is -1.55. The molecule has 3 saturated heterocycles. The molecule has 3 heterocycles. The molecule has 0 aromatic heterocycles. The fraction of sp³-hybridized carbons (Fsp3) is 0.606. The number of rotatable bonds is 8. The lowest BCUT2D eigenvalue weighted by molar-refractivity contribution is -0.946. The van der Waals surface area contributed by atoms with Crippen LogP contribution in [0, 0.1) is 25.2 Å². The number of carbonyl (C=O) groups is 1. The van der Waals surface area contributed by atoms with Gasteiger partial charge in [-0.1, -0.05) is 65.7 Å². The molecule has 1 aliphatic carbocycles. The molecule has 0 spiro atoms. The predicted molar refractivity (Wildman–Crippen MR) is 159 cm³/mol. The third-order valence-electron chi connectivity index (χ3n) is 10.4. The standard InChI is InChI=1S/C33H45Cl2N2O/c1-24-19-25(2)21-28(20-24)32(38)36(3)23-27(26-9-10-30(34)31(35)22-26)11-15-37-16-12-33(13-17-37,14-18-37)29-7-5-4-6-8-29/h9-10,19-22,27,29H,4-8,11-18,23H2,1-3H3/q+1. The van der Waals surface area contributed by atoms with Gasteiger partial charge in [-0.3, -0.25) is 4.79 Å². The Morgan fingerprint density at radius 3 is 2.18 bits per heavy atom. The molecule has 2 aromatic carbocycles. The van der Waals surface area contributed by atoms with Gasteiger partial charge in [0.25, 0.3) is 5.91 Å². The maximum absolute atomic E-state index is 13.4. The Labute approximate surface area is 240 Å². The molecule has 1 saturated carbocycles. The molecular weight excluding hydrogens is 511 g/mol. The van der Waals surface area contributed by atoms with Crippen LogP contribution in [0.25, 0.3) is 0 Å². The molecule has 2 bridgehead atoms. The summed E-state index contributed by atoms with van der Waals surface area (Å²) in [7, 11) is 1.94. The average molecular weight is 557 g/mol. The van der Waals surface area contributed by atoms with Gasteiger partial charge >= 0.3 is 0 Å². The largest absolute Gasteiger partial charge is 0.341 e. The van der Waals surface area contributed by atoms with Crippen LogP contribution in [-0.2, 0) is 0 Å². The SMILES string of the molecule is Cc1cc(C)cc(C(=O)N(C)CC(CC[N+]23CCC(C4CCCCC4)(CC2)CC3)c2ccc(Cl)c(Cl)c2)c1. The van der Waals surface area contributed by atoms with Crippen molar-refractivity contribution in [3.8, 4) is 0 Å². The van der Waals surface area contributed by atoms with Crippen LogP contribution in [0.15, 0.2) is 36.4 Å². The van der Waals surface area contributed by atoms with Crippen LogP contribution in [0.1, 0.15) is 90.8 Å². The van der Waals surface area contributed by atoms with Gasteiger partial charge in [0, 0.05) is 50.8 Å². The summed E-state index contributed by atoms with van der Waals surface area (Å²) in [5.41, 5.74) is 4.84. The summed E-state index contributed by atoms with van der Waals surface area (Å²) in [5, 5.41) is 1.18. The maximum atomic E-state index is 13.4. The minimum Gasteiger partial charge on any atom is -0.341 e. The summed E-state index contributed by atoms with van der Waals surface area (Å²) in [5.74, 6) is 1.29. The molecule has 2 aromatic rings. The number of hydrogen-bond donors (Lipinski definition) is 0. The summed E-state index contributed by atoms with van der Waals surface area (Å²) in [6.45, 7) is 9.96. The van der Waals surface area contributed by atoms with Crippen LogP contribution < -0.4 is 0 Å². The van der Waals surface area contributed by atoms with E-state index in [0.717, 1.165) is 29.0 Å². The first kappa shape index (κ1) is 28.0. The van der Waals surface area contributed by atoms with Crippen LogP contribution >= 0.6 is 23.2 Å². The van der Waals surface area contributed by atoms with Gasteiger partial charge in [-0.2, -0.15) is 0 Å². The zero-order valence-corrected chi connectivity index (χ0v) is 25.1. The molecule has 0 N–H and O–H groups in total. The molecule has 1 amide bonds. The second-order valence-electron chi connectivity index (χ2n) is 12.9. The molecule has 3 aliphatic heterocycles. The first-order valence-corrected chi connectivity index (χ1v) is 15.6. The van der Waals surface area contributed by atoms with Gasteiger partial charge in [-0.05, 0) is 67.9 Å². The third-order valence-corrected chi connectivity index (χ3v) is 11.1. The van der Waals surface area contributed by atoms with E-state index in [9.17, 15) is 4.79 Å². The zero-order valence-electron chi connectivity index (χ0n) is 23.6. The van der Waals surface area contributed by atoms with Crippen molar-refractivity contribution in [2.45, 2.75) is 77.6 Å². The summed E-state index contributed by atoms with van der Waals surface area (Å²) in [4.78, 5) is 15.3. The first-order valence-electron chi connectivity index (χ1n) is 14.8. The Balaban J connectivity index is 1.29. The summed E-state index contributed by atoms with van der Waals surface area (Å²) >= 11 is 12.7. The van der Waals surface area contributed by atoms with E-state index in [1.165, 1.54) is 87.6 Å². The molecular formula is C33H45Cl2N2O+. The summed E-state index contributed by atoms with van der Waals surface area (Å²) in [6.07, 6.45) is 12.6. The molecule has 5 heteroatoms. The number of likely N-dealkylation sites (N-methyl/N-ethyl adjacent to an activating group) is 1. The smallest absolute Gasteiger partial charge is 0.253 e. The van der Waals surface area contributed by atoms with Gasteiger partial charge < -0.3 is 9.38 Å². The van der Waals surface area contributed by atoms with E-state index in [2.05, 4.69) is 26.0 Å². The van der Waals surface area contributed by atoms with Crippen molar-refractivity contribution in [1.82, 2.24) is 4.90 Å². The number of hydrogen-bond acceptors (Lipinski definition) is 1. The molecule has 0 radical (unpaired) electrons. The number of aryl methyl sites for hydroxylation is 2. The minimum absolute atomic E-state index is 0.0853. The monoisotopic (exact) mass is 555 g/mol. The lowest BCUT2D eigenvalue weighted by Crippen LogP contribution is -2.63. The Bertz CT molecular complexity index is 1110. The maximum Gasteiger partial charge on any atom is 0.253 e. The Kier molecular flexibility index (Phi) is 8.48. The molecule has 1 unspecified atom stereocenters. The van der Waals surface area contributed by atoms with Crippen molar-refractivity contribution in [2.75, 3.05) is 39.8 Å². The average Bonchev–Trinajstić information content (AvgIpc) is 2.93. The lowest BCUT2D eigenvalue weighted by Gasteiger charge is -2.58. The van der Waals surface area contributed by atoms with Crippen molar-refractivity contribution >= 4 is 29.1 Å². The molecule has 4 aliphatic rings. The van der Waals surface area contributed by atoms with Gasteiger partial charge in [-0.25, -0.2) is 0 Å². The zero-order chi connectivity index (χ0) is 26.9. The molecule has 206 valence electrons. The van der Waals surface area contributed by atoms with Crippen LogP contribution in [-0.4, -0.2) is 55.1 Å².